The molecule has 5 rings (SSSR count). The maximum absolute atomic E-state index is 5.92. The van der Waals surface area contributed by atoms with Gasteiger partial charge in [0.25, 0.3) is 0 Å². The largest absolute Gasteiger partial charge is 0.490 e. The van der Waals surface area contributed by atoms with Crippen molar-refractivity contribution in [3.63, 3.8) is 0 Å². The topological polar surface area (TPSA) is 46.2 Å². The number of pyridine rings is 1. The number of aromatic nitrogens is 1. The minimum absolute atomic E-state index is 0.475. The molecule has 2 unspecified atom stereocenters. The lowest BCUT2D eigenvalue weighted by molar-refractivity contribution is 0.217. The van der Waals surface area contributed by atoms with E-state index in [1.807, 2.05) is 6.20 Å². The van der Waals surface area contributed by atoms with E-state index in [1.165, 1.54) is 35.2 Å². The highest BCUT2D eigenvalue weighted by molar-refractivity contribution is 5.64. The molecule has 2 aliphatic rings. The summed E-state index contributed by atoms with van der Waals surface area (Å²) in [6.07, 6.45) is 8.25. The third-order valence-corrected chi connectivity index (χ3v) is 5.97. The number of para-hydroxylation sites is 1. The Morgan fingerprint density at radius 1 is 0.931 bits per heavy atom. The van der Waals surface area contributed by atoms with E-state index in [0.717, 1.165) is 30.7 Å². The van der Waals surface area contributed by atoms with E-state index < -0.39 is 0 Å². The van der Waals surface area contributed by atoms with Gasteiger partial charge in [0, 0.05) is 29.5 Å². The molecule has 148 valence electrons. The Kier molecular flexibility index (Phi) is 5.18. The van der Waals surface area contributed by atoms with Gasteiger partial charge in [-0.3, -0.25) is 4.98 Å². The average Bonchev–Trinajstić information content (AvgIpc) is 2.73. The number of anilines is 1. The second kappa shape index (κ2) is 8.26. The van der Waals surface area contributed by atoms with Crippen molar-refractivity contribution >= 4 is 5.69 Å². The number of benzene rings is 2. The minimum Gasteiger partial charge on any atom is -0.490 e. The molecular weight excluding hydrogens is 358 g/mol. The van der Waals surface area contributed by atoms with Crippen LogP contribution in [-0.4, -0.2) is 30.2 Å². The van der Waals surface area contributed by atoms with Crippen LogP contribution >= 0.6 is 0 Å². The summed E-state index contributed by atoms with van der Waals surface area (Å²) in [4.78, 5) is 4.40. The van der Waals surface area contributed by atoms with Crippen LogP contribution in [0.5, 0.6) is 5.75 Å². The van der Waals surface area contributed by atoms with Crippen molar-refractivity contribution in [1.82, 2.24) is 10.3 Å². The molecule has 1 aromatic heterocycles. The smallest absolute Gasteiger partial charge is 0.138 e. The number of ether oxygens (including phenoxy) is 1. The molecular formula is C25H27N3O. The van der Waals surface area contributed by atoms with Gasteiger partial charge in [0.15, 0.2) is 0 Å². The summed E-state index contributed by atoms with van der Waals surface area (Å²) in [5, 5.41) is 7.08. The van der Waals surface area contributed by atoms with Crippen molar-refractivity contribution in [2.45, 2.75) is 37.8 Å². The first-order chi connectivity index (χ1) is 14.3. The monoisotopic (exact) mass is 385 g/mol. The summed E-state index contributed by atoms with van der Waals surface area (Å²) in [7, 11) is 0. The van der Waals surface area contributed by atoms with E-state index in [9.17, 15) is 0 Å². The zero-order chi connectivity index (χ0) is 19.5. The molecule has 3 heterocycles. The Bertz CT molecular complexity index is 983. The third kappa shape index (κ3) is 4.28. The minimum atomic E-state index is 0.475. The van der Waals surface area contributed by atoms with Crippen molar-refractivity contribution in [1.29, 1.82) is 0 Å². The first kappa shape index (κ1) is 18.2. The van der Waals surface area contributed by atoms with Gasteiger partial charge >= 0.3 is 0 Å². The second-order valence-corrected chi connectivity index (χ2v) is 8.10. The van der Waals surface area contributed by atoms with E-state index in [4.69, 9.17) is 4.74 Å². The van der Waals surface area contributed by atoms with Crippen LogP contribution < -0.4 is 15.4 Å². The Morgan fingerprint density at radius 3 is 2.76 bits per heavy atom. The molecule has 1 saturated heterocycles. The third-order valence-electron chi connectivity index (χ3n) is 5.97. The number of nitrogens with zero attached hydrogens (tertiary/aromatic N) is 1. The lowest BCUT2D eigenvalue weighted by atomic mass is 9.93. The van der Waals surface area contributed by atoms with E-state index in [0.29, 0.717) is 18.7 Å². The maximum Gasteiger partial charge on any atom is 0.138 e. The van der Waals surface area contributed by atoms with Gasteiger partial charge in [-0.1, -0.05) is 42.5 Å². The van der Waals surface area contributed by atoms with Gasteiger partial charge in [0.05, 0.1) is 6.20 Å². The molecule has 2 atom stereocenters. The van der Waals surface area contributed by atoms with Crippen molar-refractivity contribution in [2.75, 3.05) is 18.5 Å². The van der Waals surface area contributed by atoms with E-state index >= 15 is 0 Å². The molecule has 4 heteroatoms. The zero-order valence-electron chi connectivity index (χ0n) is 16.6. The van der Waals surface area contributed by atoms with Gasteiger partial charge in [0.1, 0.15) is 12.4 Å². The van der Waals surface area contributed by atoms with Gasteiger partial charge in [-0.05, 0) is 61.1 Å². The van der Waals surface area contributed by atoms with Crippen LogP contribution in [0, 0.1) is 0 Å². The summed E-state index contributed by atoms with van der Waals surface area (Å²) < 4.78 is 5.92. The number of hydrogen-bond acceptors (Lipinski definition) is 4. The number of rotatable bonds is 6. The molecule has 0 bridgehead atoms. The lowest BCUT2D eigenvalue weighted by Crippen LogP contribution is -2.46. The molecule has 4 nitrogen and oxygen atoms in total. The fraction of sp³-hybridized carbons (Fsp3) is 0.320. The maximum atomic E-state index is 5.92. The molecule has 0 saturated carbocycles. The quantitative estimate of drug-likeness (QED) is 0.658. The number of hydrogen-bond donors (Lipinski definition) is 2. The summed E-state index contributed by atoms with van der Waals surface area (Å²) in [5.41, 5.74) is 6.36. The normalized spacial score (nSPS) is 20.3. The van der Waals surface area contributed by atoms with Crippen molar-refractivity contribution in [3.8, 4) is 16.9 Å². The fourth-order valence-corrected chi connectivity index (χ4v) is 4.16. The molecule has 2 N–H and O–H groups in total. The standard InChI is InChI=1S/C25H27N3O/c1-2-7-25-19(5-1)8-9-22(28-25)13-18-4-3-6-20(12-18)21-14-24(16-26-15-21)29-17-23-10-11-27-23/h1-7,12,14-16,22-23,27-28H,8-11,13,17H2. The molecule has 29 heavy (non-hydrogen) atoms. The Morgan fingerprint density at radius 2 is 1.86 bits per heavy atom. The van der Waals surface area contributed by atoms with Crippen LogP contribution in [0.4, 0.5) is 5.69 Å². The predicted molar refractivity (Wildman–Crippen MR) is 117 cm³/mol. The van der Waals surface area contributed by atoms with Crippen LogP contribution in [0.25, 0.3) is 11.1 Å². The Balaban J connectivity index is 1.27. The van der Waals surface area contributed by atoms with Crippen LogP contribution in [0.3, 0.4) is 0 Å². The summed E-state index contributed by atoms with van der Waals surface area (Å²) >= 11 is 0. The molecule has 1 fully saturated rings. The van der Waals surface area contributed by atoms with Crippen molar-refractivity contribution < 1.29 is 4.74 Å². The van der Waals surface area contributed by atoms with E-state index in [2.05, 4.69) is 70.2 Å². The highest BCUT2D eigenvalue weighted by Gasteiger charge is 2.18. The zero-order valence-corrected chi connectivity index (χ0v) is 16.6. The number of fused-ring (bicyclic) bond motifs is 1. The highest BCUT2D eigenvalue weighted by Crippen LogP contribution is 2.28. The van der Waals surface area contributed by atoms with Gasteiger partial charge in [-0.15, -0.1) is 0 Å². The predicted octanol–water partition coefficient (Wildman–Crippen LogP) is 4.46. The summed E-state index contributed by atoms with van der Waals surface area (Å²) in [6, 6.07) is 20.5. The SMILES string of the molecule is c1cc(CC2CCc3ccccc3N2)cc(-c2cncc(OCC3CCN3)c2)c1. The van der Waals surface area contributed by atoms with Crippen LogP contribution in [0.2, 0.25) is 0 Å². The van der Waals surface area contributed by atoms with Crippen LogP contribution in [0.1, 0.15) is 24.0 Å². The number of aryl methyl sites for hydroxylation is 1. The average molecular weight is 386 g/mol. The van der Waals surface area contributed by atoms with Gasteiger partial charge < -0.3 is 15.4 Å². The van der Waals surface area contributed by atoms with Gasteiger partial charge in [0.2, 0.25) is 0 Å². The van der Waals surface area contributed by atoms with Crippen molar-refractivity contribution in [2.24, 2.45) is 0 Å². The summed E-state index contributed by atoms with van der Waals surface area (Å²) in [6.45, 7) is 1.81. The molecule has 2 aliphatic heterocycles. The number of nitrogens with one attached hydrogen (secondary N) is 2. The first-order valence-electron chi connectivity index (χ1n) is 10.6. The Hall–Kier alpha value is -2.85. The molecule has 0 aliphatic carbocycles. The molecule has 0 amide bonds. The second-order valence-electron chi connectivity index (χ2n) is 8.10. The lowest BCUT2D eigenvalue weighted by Gasteiger charge is -2.27. The van der Waals surface area contributed by atoms with E-state index in [1.54, 1.807) is 6.20 Å². The van der Waals surface area contributed by atoms with Gasteiger partial charge in [-0.25, -0.2) is 0 Å². The first-order valence-corrected chi connectivity index (χ1v) is 10.6. The van der Waals surface area contributed by atoms with E-state index in [-0.39, 0.29) is 0 Å². The van der Waals surface area contributed by atoms with Gasteiger partial charge in [-0.2, -0.15) is 0 Å². The molecule has 0 spiro atoms. The van der Waals surface area contributed by atoms with Crippen molar-refractivity contribution in [3.05, 3.63) is 78.1 Å². The molecule has 0 radical (unpaired) electrons. The molecule has 2 aromatic carbocycles. The van der Waals surface area contributed by atoms with Crippen LogP contribution in [0.15, 0.2) is 67.0 Å². The summed E-state index contributed by atoms with van der Waals surface area (Å²) in [5.74, 6) is 0.840. The highest BCUT2D eigenvalue weighted by atomic mass is 16.5. The Labute approximate surface area is 172 Å². The van der Waals surface area contributed by atoms with Crippen LogP contribution in [-0.2, 0) is 12.8 Å². The fourth-order valence-electron chi connectivity index (χ4n) is 4.16. The molecule has 3 aromatic rings.